The molecule has 1 atom stereocenters. The fourth-order valence-electron chi connectivity index (χ4n) is 2.40. The minimum absolute atomic E-state index is 0.00863. The molecule has 20 heavy (non-hydrogen) atoms. The van der Waals surface area contributed by atoms with Gasteiger partial charge in [-0.15, -0.1) is 0 Å². The lowest BCUT2D eigenvalue weighted by atomic mass is 10.1. The van der Waals surface area contributed by atoms with Crippen LogP contribution in [0, 0.1) is 6.92 Å². The number of primary sulfonamides is 1. The maximum absolute atomic E-state index is 11.7. The second-order valence-corrected chi connectivity index (χ2v) is 6.40. The van der Waals surface area contributed by atoms with Crippen molar-refractivity contribution in [2.75, 3.05) is 23.7 Å². The molecule has 1 heterocycles. The molecule has 0 bridgehead atoms. The molecular formula is C12H18N4O3S. The van der Waals surface area contributed by atoms with Crippen LogP contribution in [0.5, 0.6) is 0 Å². The Labute approximate surface area is 118 Å². The molecule has 1 saturated heterocycles. The molecule has 1 aromatic rings. The highest BCUT2D eigenvalue weighted by Crippen LogP contribution is 2.30. The van der Waals surface area contributed by atoms with Gasteiger partial charge in [0.25, 0.3) is 0 Å². The zero-order valence-electron chi connectivity index (χ0n) is 11.4. The van der Waals surface area contributed by atoms with Gasteiger partial charge in [-0.2, -0.15) is 0 Å². The van der Waals surface area contributed by atoms with E-state index in [1.54, 1.807) is 19.9 Å². The number of hydrogen-bond donors (Lipinski definition) is 3. The lowest BCUT2D eigenvalue weighted by Gasteiger charge is -2.36. The zero-order valence-corrected chi connectivity index (χ0v) is 12.2. The minimum atomic E-state index is -3.86. The number of piperazine rings is 1. The summed E-state index contributed by atoms with van der Waals surface area (Å²) in [5.74, 6) is -0.102. The number of carbonyl (C=O) groups excluding carboxylic acids is 1. The molecule has 0 radical (unpaired) electrons. The summed E-state index contributed by atoms with van der Waals surface area (Å²) in [4.78, 5) is 13.6. The number of carbonyl (C=O) groups is 1. The van der Waals surface area contributed by atoms with Gasteiger partial charge in [-0.25, -0.2) is 13.6 Å². The highest BCUT2D eigenvalue weighted by molar-refractivity contribution is 7.89. The third kappa shape index (κ3) is 2.56. The maximum Gasteiger partial charge on any atom is 0.242 e. The van der Waals surface area contributed by atoms with E-state index < -0.39 is 16.1 Å². The van der Waals surface area contributed by atoms with E-state index in [-0.39, 0.29) is 10.8 Å². The maximum atomic E-state index is 11.7. The second kappa shape index (κ2) is 4.95. The van der Waals surface area contributed by atoms with Crippen LogP contribution >= 0.6 is 0 Å². The molecule has 1 fully saturated rings. The van der Waals surface area contributed by atoms with Crippen LogP contribution in [-0.4, -0.2) is 33.5 Å². The van der Waals surface area contributed by atoms with Crippen molar-refractivity contribution in [3.63, 3.8) is 0 Å². The summed E-state index contributed by atoms with van der Waals surface area (Å²) < 4.78 is 23.2. The van der Waals surface area contributed by atoms with Crippen molar-refractivity contribution in [3.05, 3.63) is 17.7 Å². The van der Waals surface area contributed by atoms with Crippen LogP contribution in [0.25, 0.3) is 0 Å². The van der Waals surface area contributed by atoms with Gasteiger partial charge in [-0.3, -0.25) is 4.79 Å². The van der Waals surface area contributed by atoms with E-state index in [9.17, 15) is 13.2 Å². The number of sulfonamides is 1. The number of nitrogens with zero attached hydrogens (tertiary/aromatic N) is 1. The summed E-state index contributed by atoms with van der Waals surface area (Å²) in [5.41, 5.74) is 7.19. The van der Waals surface area contributed by atoms with Gasteiger partial charge in [0.2, 0.25) is 15.9 Å². The normalized spacial score (nSPS) is 19.9. The molecule has 1 aliphatic rings. The van der Waals surface area contributed by atoms with Crippen LogP contribution in [0.2, 0.25) is 0 Å². The van der Waals surface area contributed by atoms with Crippen molar-refractivity contribution in [3.8, 4) is 0 Å². The van der Waals surface area contributed by atoms with E-state index in [0.717, 1.165) is 0 Å². The van der Waals surface area contributed by atoms with Gasteiger partial charge < -0.3 is 16.0 Å². The fraction of sp³-hybridized carbons (Fsp3) is 0.417. The number of benzene rings is 1. The van der Waals surface area contributed by atoms with Gasteiger partial charge in [-0.1, -0.05) is 0 Å². The van der Waals surface area contributed by atoms with E-state index in [0.29, 0.717) is 30.0 Å². The molecule has 0 saturated carbocycles. The van der Waals surface area contributed by atoms with E-state index in [4.69, 9.17) is 10.9 Å². The van der Waals surface area contributed by atoms with Crippen LogP contribution in [-0.2, 0) is 14.8 Å². The van der Waals surface area contributed by atoms with E-state index in [1.807, 2.05) is 4.90 Å². The summed E-state index contributed by atoms with van der Waals surface area (Å²) in [7, 11) is -3.86. The highest BCUT2D eigenvalue weighted by Gasteiger charge is 2.28. The highest BCUT2D eigenvalue weighted by atomic mass is 32.2. The Balaban J connectivity index is 2.57. The van der Waals surface area contributed by atoms with E-state index >= 15 is 0 Å². The molecule has 8 heteroatoms. The lowest BCUT2D eigenvalue weighted by molar-refractivity contribution is -0.122. The largest absolute Gasteiger partial charge is 0.399 e. The van der Waals surface area contributed by atoms with Gasteiger partial charge >= 0.3 is 0 Å². The van der Waals surface area contributed by atoms with Crippen molar-refractivity contribution < 1.29 is 13.2 Å². The fourth-order valence-corrected chi connectivity index (χ4v) is 3.23. The molecule has 1 amide bonds. The summed E-state index contributed by atoms with van der Waals surface area (Å²) >= 11 is 0. The molecule has 1 aliphatic heterocycles. The molecule has 2 rings (SSSR count). The first-order chi connectivity index (χ1) is 9.21. The molecule has 5 N–H and O–H groups in total. The Kier molecular flexibility index (Phi) is 3.61. The summed E-state index contributed by atoms with van der Waals surface area (Å²) in [5, 5.41) is 7.96. The van der Waals surface area contributed by atoms with Crippen LogP contribution in [0.4, 0.5) is 11.4 Å². The van der Waals surface area contributed by atoms with E-state index in [1.165, 1.54) is 6.07 Å². The number of anilines is 2. The molecule has 0 aliphatic carbocycles. The lowest BCUT2D eigenvalue weighted by Crippen LogP contribution is -2.54. The molecule has 7 nitrogen and oxygen atoms in total. The number of nitrogens with two attached hydrogens (primary N) is 2. The van der Waals surface area contributed by atoms with Crippen LogP contribution in [0.1, 0.15) is 12.5 Å². The Hall–Kier alpha value is -1.80. The van der Waals surface area contributed by atoms with Gasteiger partial charge in [0.05, 0.1) is 4.90 Å². The first kappa shape index (κ1) is 14.6. The SMILES string of the molecule is Cc1c(N2CCNC(=O)C2C)cc(N)cc1S(N)(=O)=O. The summed E-state index contributed by atoms with van der Waals surface area (Å²) in [6, 6.07) is 2.61. The molecule has 110 valence electrons. The number of hydrogen-bond acceptors (Lipinski definition) is 5. The summed E-state index contributed by atoms with van der Waals surface area (Å²) in [6.07, 6.45) is 0. The average molecular weight is 298 g/mol. The smallest absolute Gasteiger partial charge is 0.242 e. The standard InChI is InChI=1S/C12H18N4O3S/c1-7-10(16-4-3-15-12(17)8(16)2)5-9(13)6-11(7)20(14,18)19/h5-6,8H,3-4,13H2,1-2H3,(H,15,17)(H2,14,18,19). The van der Waals surface area contributed by atoms with Gasteiger partial charge in [0.15, 0.2) is 0 Å². The molecule has 0 spiro atoms. The van der Waals surface area contributed by atoms with Crippen LogP contribution in [0.3, 0.4) is 0 Å². The van der Waals surface area contributed by atoms with Crippen LogP contribution < -0.4 is 21.1 Å². The van der Waals surface area contributed by atoms with Gasteiger partial charge in [0.1, 0.15) is 6.04 Å². The minimum Gasteiger partial charge on any atom is -0.399 e. The number of nitrogen functional groups attached to an aromatic ring is 1. The van der Waals surface area contributed by atoms with Crippen molar-refractivity contribution in [1.82, 2.24) is 5.32 Å². The van der Waals surface area contributed by atoms with Gasteiger partial charge in [0, 0.05) is 24.5 Å². The van der Waals surface area contributed by atoms with Gasteiger partial charge in [-0.05, 0) is 31.5 Å². The first-order valence-corrected chi connectivity index (χ1v) is 7.73. The Bertz CT molecular complexity index is 657. The monoisotopic (exact) mass is 298 g/mol. The van der Waals surface area contributed by atoms with Crippen molar-refractivity contribution in [2.24, 2.45) is 5.14 Å². The summed E-state index contributed by atoms with van der Waals surface area (Å²) in [6.45, 7) is 4.50. The van der Waals surface area contributed by atoms with Crippen molar-refractivity contribution in [2.45, 2.75) is 24.8 Å². The zero-order chi connectivity index (χ0) is 15.1. The molecular weight excluding hydrogens is 280 g/mol. The Morgan fingerprint density at radius 1 is 1.40 bits per heavy atom. The molecule has 0 aromatic heterocycles. The quantitative estimate of drug-likeness (QED) is 0.639. The third-order valence-electron chi connectivity index (χ3n) is 3.47. The molecule has 1 aromatic carbocycles. The topological polar surface area (TPSA) is 119 Å². The number of amides is 1. The number of nitrogens with one attached hydrogen (secondary N) is 1. The Morgan fingerprint density at radius 2 is 2.05 bits per heavy atom. The number of rotatable bonds is 2. The Morgan fingerprint density at radius 3 is 2.65 bits per heavy atom. The predicted octanol–water partition coefficient (Wildman–Crippen LogP) is -0.451. The van der Waals surface area contributed by atoms with Crippen molar-refractivity contribution >= 4 is 27.3 Å². The average Bonchev–Trinajstić information content (AvgIpc) is 2.34. The van der Waals surface area contributed by atoms with Crippen molar-refractivity contribution in [1.29, 1.82) is 0 Å². The van der Waals surface area contributed by atoms with Crippen LogP contribution in [0.15, 0.2) is 17.0 Å². The third-order valence-corrected chi connectivity index (χ3v) is 4.51. The predicted molar refractivity (Wildman–Crippen MR) is 76.8 cm³/mol. The van der Waals surface area contributed by atoms with E-state index in [2.05, 4.69) is 5.32 Å². The second-order valence-electron chi connectivity index (χ2n) is 4.87. The first-order valence-electron chi connectivity index (χ1n) is 6.19. The molecule has 1 unspecified atom stereocenters.